The van der Waals surface area contributed by atoms with Crippen molar-refractivity contribution in [3.63, 3.8) is 0 Å². The largest absolute Gasteiger partial charge is 0.353 e. The second kappa shape index (κ2) is 5.30. The Kier molecular flexibility index (Phi) is 4.27. The number of hydrogen-bond donors (Lipinski definition) is 0. The molecule has 0 saturated heterocycles. The highest BCUT2D eigenvalue weighted by atomic mass is 15.2. The fraction of sp³-hybridized carbons (Fsp3) is 0.571. The zero-order chi connectivity index (χ0) is 13.1. The molecular formula is C14H23N3. The molecule has 0 bridgehead atoms. The summed E-state index contributed by atoms with van der Waals surface area (Å²) in [5.74, 6) is 1.87. The highest BCUT2D eigenvalue weighted by Gasteiger charge is 2.18. The highest BCUT2D eigenvalue weighted by molar-refractivity contribution is 5.39. The Morgan fingerprint density at radius 2 is 2.06 bits per heavy atom. The monoisotopic (exact) mass is 233 g/mol. The Labute approximate surface area is 105 Å². The molecule has 0 radical (unpaired) electrons. The lowest BCUT2D eigenvalue weighted by molar-refractivity contribution is 0.544. The number of rotatable bonds is 4. The van der Waals surface area contributed by atoms with Gasteiger partial charge in [0.15, 0.2) is 0 Å². The molecule has 0 spiro atoms. The van der Waals surface area contributed by atoms with Crippen molar-refractivity contribution in [1.82, 2.24) is 9.97 Å². The van der Waals surface area contributed by atoms with Crippen LogP contribution in [0, 0.1) is 0 Å². The zero-order valence-electron chi connectivity index (χ0n) is 11.6. The van der Waals surface area contributed by atoms with Crippen LogP contribution in [-0.4, -0.2) is 23.1 Å². The molecule has 0 aliphatic heterocycles. The zero-order valence-corrected chi connectivity index (χ0v) is 11.6. The third-order valence-electron chi connectivity index (χ3n) is 2.48. The average Bonchev–Trinajstić information content (AvgIpc) is 2.24. The summed E-state index contributed by atoms with van der Waals surface area (Å²) in [5.41, 5.74) is 1.13. The minimum absolute atomic E-state index is 0.0152. The minimum Gasteiger partial charge on any atom is -0.353 e. The Morgan fingerprint density at radius 1 is 1.41 bits per heavy atom. The van der Waals surface area contributed by atoms with Gasteiger partial charge in [-0.2, -0.15) is 0 Å². The highest BCUT2D eigenvalue weighted by Crippen LogP contribution is 2.20. The van der Waals surface area contributed by atoms with Crippen molar-refractivity contribution >= 4 is 5.82 Å². The van der Waals surface area contributed by atoms with E-state index in [4.69, 9.17) is 0 Å². The lowest BCUT2D eigenvalue weighted by Crippen LogP contribution is -2.27. The fourth-order valence-electron chi connectivity index (χ4n) is 1.57. The van der Waals surface area contributed by atoms with Crippen molar-refractivity contribution in [1.29, 1.82) is 0 Å². The number of nitrogens with zero attached hydrogens (tertiary/aromatic N) is 3. The molecule has 0 aromatic carbocycles. The Hall–Kier alpha value is -1.38. The summed E-state index contributed by atoms with van der Waals surface area (Å²) in [5, 5.41) is 0. The smallest absolute Gasteiger partial charge is 0.135 e. The minimum atomic E-state index is -0.0152. The van der Waals surface area contributed by atoms with Gasteiger partial charge in [-0.1, -0.05) is 32.9 Å². The summed E-state index contributed by atoms with van der Waals surface area (Å²) < 4.78 is 0. The maximum absolute atomic E-state index is 4.64. The summed E-state index contributed by atoms with van der Waals surface area (Å²) in [4.78, 5) is 11.2. The number of aromatic nitrogens is 2. The van der Waals surface area contributed by atoms with E-state index in [0.717, 1.165) is 30.3 Å². The van der Waals surface area contributed by atoms with Gasteiger partial charge in [0.1, 0.15) is 11.6 Å². The predicted octanol–water partition coefficient (Wildman–Crippen LogP) is 3.18. The molecule has 1 rings (SSSR count). The van der Waals surface area contributed by atoms with E-state index in [0.29, 0.717) is 0 Å². The molecule has 0 atom stereocenters. The second-order valence-corrected chi connectivity index (χ2v) is 5.46. The third kappa shape index (κ3) is 3.84. The number of likely N-dealkylation sites (N-methyl/N-ethyl adjacent to an activating group) is 1. The van der Waals surface area contributed by atoms with Crippen LogP contribution in [0.25, 0.3) is 0 Å². The van der Waals surface area contributed by atoms with Gasteiger partial charge in [0.05, 0.1) is 0 Å². The summed E-state index contributed by atoms with van der Waals surface area (Å²) in [6.45, 7) is 16.3. The predicted molar refractivity (Wildman–Crippen MR) is 73.4 cm³/mol. The van der Waals surface area contributed by atoms with Crippen LogP contribution in [-0.2, 0) is 5.41 Å². The van der Waals surface area contributed by atoms with E-state index in [2.05, 4.69) is 49.1 Å². The third-order valence-corrected chi connectivity index (χ3v) is 2.48. The summed E-state index contributed by atoms with van der Waals surface area (Å²) in [7, 11) is 0. The lowest BCUT2D eigenvalue weighted by atomic mass is 9.96. The maximum atomic E-state index is 4.64. The van der Waals surface area contributed by atoms with E-state index < -0.39 is 0 Å². The van der Waals surface area contributed by atoms with Gasteiger partial charge < -0.3 is 4.90 Å². The first-order valence-electron chi connectivity index (χ1n) is 6.07. The van der Waals surface area contributed by atoms with Crippen LogP contribution in [0.1, 0.15) is 40.4 Å². The van der Waals surface area contributed by atoms with Crippen LogP contribution in [0.5, 0.6) is 0 Å². The molecule has 3 nitrogen and oxygen atoms in total. The van der Waals surface area contributed by atoms with Gasteiger partial charge in [0.25, 0.3) is 0 Å². The van der Waals surface area contributed by atoms with Gasteiger partial charge in [0.2, 0.25) is 0 Å². The van der Waals surface area contributed by atoms with E-state index in [1.54, 1.807) is 0 Å². The molecule has 17 heavy (non-hydrogen) atoms. The normalized spacial score (nSPS) is 11.4. The van der Waals surface area contributed by atoms with Gasteiger partial charge in [-0.25, -0.2) is 9.97 Å². The summed E-state index contributed by atoms with van der Waals surface area (Å²) in [6, 6.07) is 1.96. The molecular weight excluding hydrogens is 210 g/mol. The molecule has 0 aliphatic rings. The first kappa shape index (κ1) is 13.7. The average molecular weight is 233 g/mol. The summed E-state index contributed by atoms with van der Waals surface area (Å²) >= 11 is 0. The fourth-order valence-corrected chi connectivity index (χ4v) is 1.57. The van der Waals surface area contributed by atoms with Crippen LogP contribution in [0.4, 0.5) is 5.82 Å². The van der Waals surface area contributed by atoms with E-state index in [1.165, 1.54) is 0 Å². The first-order chi connectivity index (χ1) is 7.84. The first-order valence-corrected chi connectivity index (χ1v) is 6.07. The van der Waals surface area contributed by atoms with Crippen LogP contribution in [0.15, 0.2) is 24.4 Å². The molecule has 94 valence electrons. The topological polar surface area (TPSA) is 29.0 Å². The van der Waals surface area contributed by atoms with E-state index in [-0.39, 0.29) is 5.41 Å². The molecule has 1 heterocycles. The standard InChI is InChI=1S/C14H23N3/c1-7-17(10-11(2)3)12-8-9-15-13(16-12)14(4,5)6/h8-9H,2,7,10H2,1,3-6H3. The lowest BCUT2D eigenvalue weighted by Gasteiger charge is -2.24. The van der Waals surface area contributed by atoms with E-state index >= 15 is 0 Å². The van der Waals surface area contributed by atoms with Crippen LogP contribution in [0.2, 0.25) is 0 Å². The molecule has 0 N–H and O–H groups in total. The van der Waals surface area contributed by atoms with Gasteiger partial charge in [-0.05, 0) is 19.9 Å². The molecule has 0 fully saturated rings. The molecule has 1 aromatic heterocycles. The van der Waals surface area contributed by atoms with Crippen molar-refractivity contribution in [3.05, 3.63) is 30.2 Å². The van der Waals surface area contributed by atoms with E-state index in [1.807, 2.05) is 19.2 Å². The Bertz CT molecular complexity index is 391. The van der Waals surface area contributed by atoms with Gasteiger partial charge >= 0.3 is 0 Å². The molecule has 0 aliphatic carbocycles. The van der Waals surface area contributed by atoms with Crippen molar-refractivity contribution in [2.24, 2.45) is 0 Å². The quantitative estimate of drug-likeness (QED) is 0.748. The van der Waals surface area contributed by atoms with Gasteiger partial charge in [-0.15, -0.1) is 0 Å². The van der Waals surface area contributed by atoms with Crippen LogP contribution < -0.4 is 4.90 Å². The van der Waals surface area contributed by atoms with Gasteiger partial charge in [-0.3, -0.25) is 0 Å². The van der Waals surface area contributed by atoms with Crippen molar-refractivity contribution in [2.75, 3.05) is 18.0 Å². The molecule has 0 saturated carbocycles. The molecule has 0 unspecified atom stereocenters. The molecule has 1 aromatic rings. The number of hydrogen-bond acceptors (Lipinski definition) is 3. The maximum Gasteiger partial charge on any atom is 0.135 e. The van der Waals surface area contributed by atoms with Crippen LogP contribution in [0.3, 0.4) is 0 Å². The summed E-state index contributed by atoms with van der Waals surface area (Å²) in [6.07, 6.45) is 1.84. The van der Waals surface area contributed by atoms with E-state index in [9.17, 15) is 0 Å². The SMILES string of the molecule is C=C(C)CN(CC)c1ccnc(C(C)(C)C)n1. The molecule has 3 heteroatoms. The Morgan fingerprint density at radius 3 is 2.53 bits per heavy atom. The van der Waals surface area contributed by atoms with Gasteiger partial charge in [0, 0.05) is 24.7 Å². The van der Waals surface area contributed by atoms with Crippen molar-refractivity contribution < 1.29 is 0 Å². The number of anilines is 1. The molecule has 0 amide bonds. The van der Waals surface area contributed by atoms with Crippen molar-refractivity contribution in [2.45, 2.75) is 40.0 Å². The Balaban J connectivity index is 3.01. The van der Waals surface area contributed by atoms with Crippen LogP contribution >= 0.6 is 0 Å². The van der Waals surface area contributed by atoms with Crippen molar-refractivity contribution in [3.8, 4) is 0 Å². The second-order valence-electron chi connectivity index (χ2n) is 5.46.